The molecule has 0 fully saturated rings. The molecule has 0 spiro atoms. The summed E-state index contributed by atoms with van der Waals surface area (Å²) in [5.74, 6) is -0.501. The number of aliphatic hydroxyl groups is 1. The van der Waals surface area contributed by atoms with Crippen LogP contribution in [0, 0.1) is 0 Å². The van der Waals surface area contributed by atoms with E-state index in [4.69, 9.17) is 5.11 Å². The molecule has 0 aliphatic heterocycles. The minimum atomic E-state index is -0.724. The standard InChI is InChI=1S/C10H15N3O4/c1-2-3-13(4-5-14)9(16)7-6-11-10(17)12-8(7)15/h6,14H,2-5H2,1H3,(H2,11,12,15,17). The number of hydrogen-bond donors (Lipinski definition) is 3. The summed E-state index contributed by atoms with van der Waals surface area (Å²) in [7, 11) is 0. The second-order valence-corrected chi connectivity index (χ2v) is 3.50. The second kappa shape index (κ2) is 6.00. The van der Waals surface area contributed by atoms with Gasteiger partial charge >= 0.3 is 5.69 Å². The van der Waals surface area contributed by atoms with Crippen molar-refractivity contribution in [3.63, 3.8) is 0 Å². The third kappa shape index (κ3) is 3.28. The molecule has 7 heteroatoms. The lowest BCUT2D eigenvalue weighted by Crippen LogP contribution is -2.38. The van der Waals surface area contributed by atoms with Crippen LogP contribution in [-0.4, -0.2) is 45.6 Å². The maximum absolute atomic E-state index is 11.9. The lowest BCUT2D eigenvalue weighted by molar-refractivity contribution is 0.0719. The van der Waals surface area contributed by atoms with Crippen molar-refractivity contribution in [3.8, 4) is 0 Å². The van der Waals surface area contributed by atoms with Crippen LogP contribution in [0.5, 0.6) is 0 Å². The Morgan fingerprint density at radius 2 is 2.12 bits per heavy atom. The van der Waals surface area contributed by atoms with Gasteiger partial charge < -0.3 is 15.0 Å². The average Bonchev–Trinajstić information content (AvgIpc) is 2.28. The van der Waals surface area contributed by atoms with Crippen molar-refractivity contribution >= 4 is 5.91 Å². The van der Waals surface area contributed by atoms with Crippen LogP contribution in [0.3, 0.4) is 0 Å². The second-order valence-electron chi connectivity index (χ2n) is 3.50. The fourth-order valence-electron chi connectivity index (χ4n) is 1.44. The molecule has 94 valence electrons. The van der Waals surface area contributed by atoms with Crippen LogP contribution in [-0.2, 0) is 0 Å². The SMILES string of the molecule is CCCN(CCO)C(=O)c1c[nH]c(=O)[nH]c1=O. The van der Waals surface area contributed by atoms with Crippen LogP contribution in [0.1, 0.15) is 23.7 Å². The van der Waals surface area contributed by atoms with E-state index in [9.17, 15) is 14.4 Å². The molecule has 0 aromatic carbocycles. The first kappa shape index (κ1) is 13.2. The van der Waals surface area contributed by atoms with Gasteiger partial charge in [0.05, 0.1) is 6.61 Å². The molecule has 17 heavy (non-hydrogen) atoms. The molecule has 0 bridgehead atoms. The summed E-state index contributed by atoms with van der Waals surface area (Å²) < 4.78 is 0. The number of carbonyl (C=O) groups excluding carboxylic acids is 1. The maximum atomic E-state index is 11.9. The number of nitrogens with one attached hydrogen (secondary N) is 2. The third-order valence-electron chi connectivity index (χ3n) is 2.20. The van der Waals surface area contributed by atoms with Crippen LogP contribution in [0.25, 0.3) is 0 Å². The molecule has 0 saturated heterocycles. The molecular weight excluding hydrogens is 226 g/mol. The quantitative estimate of drug-likeness (QED) is 0.608. The fraction of sp³-hybridized carbons (Fsp3) is 0.500. The van der Waals surface area contributed by atoms with Crippen LogP contribution in [0.4, 0.5) is 0 Å². The molecule has 0 aliphatic rings. The van der Waals surface area contributed by atoms with Crippen LogP contribution < -0.4 is 11.2 Å². The number of carbonyl (C=O) groups is 1. The van der Waals surface area contributed by atoms with Gasteiger partial charge in [0.2, 0.25) is 0 Å². The molecule has 0 unspecified atom stereocenters. The van der Waals surface area contributed by atoms with Crippen LogP contribution in [0.2, 0.25) is 0 Å². The highest BCUT2D eigenvalue weighted by atomic mass is 16.3. The minimum absolute atomic E-state index is 0.133. The highest BCUT2D eigenvalue weighted by Gasteiger charge is 2.17. The molecule has 1 amide bonds. The Morgan fingerprint density at radius 3 is 2.65 bits per heavy atom. The number of H-pyrrole nitrogens is 2. The Bertz CT molecular complexity index is 485. The summed E-state index contributed by atoms with van der Waals surface area (Å²) in [5, 5.41) is 8.83. The Balaban J connectivity index is 3.00. The van der Waals surface area contributed by atoms with E-state index in [0.717, 1.165) is 6.20 Å². The first-order valence-corrected chi connectivity index (χ1v) is 5.32. The molecule has 7 nitrogen and oxygen atoms in total. The molecular formula is C10H15N3O4. The molecule has 0 aliphatic carbocycles. The van der Waals surface area contributed by atoms with E-state index in [1.165, 1.54) is 4.90 Å². The molecule has 0 saturated carbocycles. The van der Waals surface area contributed by atoms with Gasteiger partial charge in [-0.25, -0.2) is 4.79 Å². The van der Waals surface area contributed by atoms with E-state index in [-0.39, 0.29) is 18.7 Å². The number of nitrogens with zero attached hydrogens (tertiary/aromatic N) is 1. The average molecular weight is 241 g/mol. The zero-order chi connectivity index (χ0) is 12.8. The van der Waals surface area contributed by atoms with Crippen molar-refractivity contribution in [2.24, 2.45) is 0 Å². The summed E-state index contributed by atoms with van der Waals surface area (Å²) in [6, 6.07) is 0. The van der Waals surface area contributed by atoms with E-state index < -0.39 is 17.2 Å². The third-order valence-corrected chi connectivity index (χ3v) is 2.20. The van der Waals surface area contributed by atoms with Crippen molar-refractivity contribution in [2.45, 2.75) is 13.3 Å². The molecule has 1 aromatic rings. The maximum Gasteiger partial charge on any atom is 0.325 e. The van der Waals surface area contributed by atoms with Crippen molar-refractivity contribution in [2.75, 3.05) is 19.7 Å². The Kier molecular flexibility index (Phi) is 4.65. The monoisotopic (exact) mass is 241 g/mol. The van der Waals surface area contributed by atoms with Crippen molar-refractivity contribution < 1.29 is 9.90 Å². The number of rotatable bonds is 5. The molecule has 0 atom stereocenters. The molecule has 1 aromatic heterocycles. The van der Waals surface area contributed by atoms with Gasteiger partial charge in [0.15, 0.2) is 0 Å². The minimum Gasteiger partial charge on any atom is -0.395 e. The van der Waals surface area contributed by atoms with Gasteiger partial charge in [-0.1, -0.05) is 6.92 Å². The van der Waals surface area contributed by atoms with Crippen molar-refractivity contribution in [1.82, 2.24) is 14.9 Å². The van der Waals surface area contributed by atoms with Crippen LogP contribution >= 0.6 is 0 Å². The fourth-order valence-corrected chi connectivity index (χ4v) is 1.44. The zero-order valence-corrected chi connectivity index (χ0v) is 9.52. The van der Waals surface area contributed by atoms with Gasteiger partial charge in [-0.15, -0.1) is 0 Å². The number of aliphatic hydroxyl groups excluding tert-OH is 1. The predicted molar refractivity (Wildman–Crippen MR) is 61.0 cm³/mol. The van der Waals surface area contributed by atoms with Crippen molar-refractivity contribution in [3.05, 3.63) is 32.6 Å². The lowest BCUT2D eigenvalue weighted by Gasteiger charge is -2.20. The number of hydrogen-bond acceptors (Lipinski definition) is 4. The van der Waals surface area contributed by atoms with Crippen molar-refractivity contribution in [1.29, 1.82) is 0 Å². The predicted octanol–water partition coefficient (Wildman–Crippen LogP) is -1.09. The summed E-state index contributed by atoms with van der Waals surface area (Å²) in [6.07, 6.45) is 1.80. The Morgan fingerprint density at radius 1 is 1.41 bits per heavy atom. The van der Waals surface area contributed by atoms with Gasteiger partial charge in [0.25, 0.3) is 11.5 Å². The summed E-state index contributed by atoms with van der Waals surface area (Å²) in [5.41, 5.74) is -1.51. The molecule has 0 radical (unpaired) electrons. The molecule has 3 N–H and O–H groups in total. The smallest absolute Gasteiger partial charge is 0.325 e. The highest BCUT2D eigenvalue weighted by molar-refractivity contribution is 5.93. The summed E-state index contributed by atoms with van der Waals surface area (Å²) in [6.45, 7) is 2.31. The normalized spacial score (nSPS) is 10.2. The summed E-state index contributed by atoms with van der Waals surface area (Å²) >= 11 is 0. The van der Waals surface area contributed by atoms with Gasteiger partial charge in [-0.3, -0.25) is 14.6 Å². The van der Waals surface area contributed by atoms with E-state index in [1.807, 2.05) is 11.9 Å². The van der Waals surface area contributed by atoms with Gasteiger partial charge in [0, 0.05) is 19.3 Å². The van der Waals surface area contributed by atoms with E-state index >= 15 is 0 Å². The Labute approximate surface area is 97.1 Å². The first-order chi connectivity index (χ1) is 8.10. The first-order valence-electron chi connectivity index (χ1n) is 5.32. The van der Waals surface area contributed by atoms with Gasteiger partial charge in [-0.05, 0) is 6.42 Å². The zero-order valence-electron chi connectivity index (χ0n) is 9.52. The van der Waals surface area contributed by atoms with Gasteiger partial charge in [0.1, 0.15) is 5.56 Å². The van der Waals surface area contributed by atoms with E-state index in [0.29, 0.717) is 13.0 Å². The van der Waals surface area contributed by atoms with Gasteiger partial charge in [-0.2, -0.15) is 0 Å². The summed E-state index contributed by atoms with van der Waals surface area (Å²) in [4.78, 5) is 39.7. The lowest BCUT2D eigenvalue weighted by atomic mass is 10.2. The van der Waals surface area contributed by atoms with E-state index in [2.05, 4.69) is 4.98 Å². The molecule has 1 heterocycles. The highest BCUT2D eigenvalue weighted by Crippen LogP contribution is 1.98. The number of aromatic nitrogens is 2. The topological polar surface area (TPSA) is 106 Å². The van der Waals surface area contributed by atoms with E-state index in [1.54, 1.807) is 0 Å². The van der Waals surface area contributed by atoms with Crippen LogP contribution in [0.15, 0.2) is 15.8 Å². The number of amides is 1. The Hall–Kier alpha value is -1.89. The largest absolute Gasteiger partial charge is 0.395 e. The number of aromatic amines is 2. The molecule has 1 rings (SSSR count).